The summed E-state index contributed by atoms with van der Waals surface area (Å²) in [7, 11) is 1.88. The van der Waals surface area contributed by atoms with E-state index >= 15 is 0 Å². The highest BCUT2D eigenvalue weighted by Crippen LogP contribution is 2.04. The SMILES string of the molecule is Cc1c(CON)cnn1C. The van der Waals surface area contributed by atoms with Crippen molar-refractivity contribution in [1.82, 2.24) is 9.78 Å². The molecular weight excluding hydrogens is 130 g/mol. The zero-order chi connectivity index (χ0) is 7.56. The lowest BCUT2D eigenvalue weighted by molar-refractivity contribution is 0.123. The fraction of sp³-hybridized carbons (Fsp3) is 0.500. The first kappa shape index (κ1) is 7.24. The van der Waals surface area contributed by atoms with Crippen LogP contribution in [0.15, 0.2) is 6.20 Å². The van der Waals surface area contributed by atoms with Crippen LogP contribution in [0.1, 0.15) is 11.3 Å². The second-order valence-corrected chi connectivity index (χ2v) is 2.19. The molecule has 0 aromatic carbocycles. The molecule has 0 saturated heterocycles. The molecule has 1 aromatic heterocycles. The molecule has 0 aliphatic heterocycles. The van der Waals surface area contributed by atoms with E-state index in [1.165, 1.54) is 0 Å². The molecule has 0 atom stereocenters. The predicted molar refractivity (Wildman–Crippen MR) is 36.9 cm³/mol. The van der Waals surface area contributed by atoms with Gasteiger partial charge in [-0.1, -0.05) is 0 Å². The van der Waals surface area contributed by atoms with Gasteiger partial charge in [-0.25, -0.2) is 5.90 Å². The average Bonchev–Trinajstić information content (AvgIpc) is 2.20. The fourth-order valence-corrected chi connectivity index (χ4v) is 0.776. The summed E-state index contributed by atoms with van der Waals surface area (Å²) in [6.45, 7) is 2.40. The van der Waals surface area contributed by atoms with Gasteiger partial charge in [-0.2, -0.15) is 5.10 Å². The fourth-order valence-electron chi connectivity index (χ4n) is 0.776. The van der Waals surface area contributed by atoms with E-state index in [1.807, 2.05) is 14.0 Å². The Morgan fingerprint density at radius 1 is 1.80 bits per heavy atom. The first-order chi connectivity index (χ1) is 4.75. The molecule has 1 aromatic rings. The van der Waals surface area contributed by atoms with Crippen molar-refractivity contribution >= 4 is 0 Å². The third kappa shape index (κ3) is 1.17. The van der Waals surface area contributed by atoms with E-state index in [-0.39, 0.29) is 0 Å². The molecule has 0 aliphatic rings. The molecule has 1 rings (SSSR count). The number of hydrogen-bond donors (Lipinski definition) is 1. The molecule has 0 unspecified atom stereocenters. The monoisotopic (exact) mass is 141 g/mol. The highest BCUT2D eigenvalue weighted by molar-refractivity contribution is 5.14. The molecule has 0 bridgehead atoms. The largest absolute Gasteiger partial charge is 0.300 e. The van der Waals surface area contributed by atoms with Crippen molar-refractivity contribution < 1.29 is 4.84 Å². The molecule has 56 valence electrons. The van der Waals surface area contributed by atoms with Crippen molar-refractivity contribution in [3.05, 3.63) is 17.5 Å². The van der Waals surface area contributed by atoms with Crippen molar-refractivity contribution in [2.24, 2.45) is 12.9 Å². The maximum absolute atomic E-state index is 4.90. The minimum Gasteiger partial charge on any atom is -0.300 e. The summed E-state index contributed by atoms with van der Waals surface area (Å²) >= 11 is 0. The molecule has 4 heteroatoms. The average molecular weight is 141 g/mol. The van der Waals surface area contributed by atoms with Gasteiger partial charge in [-0.05, 0) is 6.92 Å². The Balaban J connectivity index is 2.83. The second-order valence-electron chi connectivity index (χ2n) is 2.19. The van der Waals surface area contributed by atoms with Gasteiger partial charge in [-0.15, -0.1) is 0 Å². The zero-order valence-corrected chi connectivity index (χ0v) is 6.16. The van der Waals surface area contributed by atoms with Crippen molar-refractivity contribution in [3.63, 3.8) is 0 Å². The molecule has 0 aliphatic carbocycles. The van der Waals surface area contributed by atoms with Gasteiger partial charge in [0.05, 0.1) is 12.8 Å². The number of nitrogens with two attached hydrogens (primary N) is 1. The van der Waals surface area contributed by atoms with E-state index in [0.29, 0.717) is 6.61 Å². The maximum atomic E-state index is 4.90. The van der Waals surface area contributed by atoms with Crippen LogP contribution in [0.5, 0.6) is 0 Å². The Kier molecular flexibility index (Phi) is 2.03. The quantitative estimate of drug-likeness (QED) is 0.595. The lowest BCUT2D eigenvalue weighted by Gasteiger charge is -1.96. The molecule has 0 saturated carbocycles. The standard InChI is InChI=1S/C6H11N3O/c1-5-6(4-10-7)3-8-9(5)2/h3H,4,7H2,1-2H3. The molecule has 10 heavy (non-hydrogen) atoms. The number of aryl methyl sites for hydroxylation is 1. The number of nitrogens with zero attached hydrogens (tertiary/aromatic N) is 2. The van der Waals surface area contributed by atoms with Crippen molar-refractivity contribution in [3.8, 4) is 0 Å². The van der Waals surface area contributed by atoms with Gasteiger partial charge in [0.15, 0.2) is 0 Å². The van der Waals surface area contributed by atoms with E-state index in [2.05, 4.69) is 9.94 Å². The Bertz CT molecular complexity index is 219. The van der Waals surface area contributed by atoms with E-state index in [9.17, 15) is 0 Å². The van der Waals surface area contributed by atoms with Gasteiger partial charge < -0.3 is 0 Å². The van der Waals surface area contributed by atoms with Gasteiger partial charge in [0.2, 0.25) is 0 Å². The van der Waals surface area contributed by atoms with Gasteiger partial charge in [0, 0.05) is 18.3 Å². The first-order valence-corrected chi connectivity index (χ1v) is 3.05. The second kappa shape index (κ2) is 2.81. The van der Waals surface area contributed by atoms with Gasteiger partial charge >= 0.3 is 0 Å². The first-order valence-electron chi connectivity index (χ1n) is 3.05. The minimum absolute atomic E-state index is 0.430. The predicted octanol–water partition coefficient (Wildman–Crippen LogP) is 0.119. The highest BCUT2D eigenvalue weighted by Gasteiger charge is 2.01. The minimum atomic E-state index is 0.430. The van der Waals surface area contributed by atoms with Crippen LogP contribution in [0.25, 0.3) is 0 Å². The van der Waals surface area contributed by atoms with Crippen LogP contribution >= 0.6 is 0 Å². The molecule has 0 spiro atoms. The Morgan fingerprint density at radius 2 is 2.50 bits per heavy atom. The summed E-state index contributed by atoms with van der Waals surface area (Å²) in [4.78, 5) is 4.47. The highest BCUT2D eigenvalue weighted by atomic mass is 16.6. The van der Waals surface area contributed by atoms with Crippen molar-refractivity contribution in [2.45, 2.75) is 13.5 Å². The molecule has 4 nitrogen and oxygen atoms in total. The summed E-state index contributed by atoms with van der Waals surface area (Å²) < 4.78 is 1.79. The third-order valence-corrected chi connectivity index (χ3v) is 1.58. The molecule has 2 N–H and O–H groups in total. The number of aromatic nitrogens is 2. The smallest absolute Gasteiger partial charge is 0.0963 e. The van der Waals surface area contributed by atoms with Crippen LogP contribution in [0, 0.1) is 6.92 Å². The van der Waals surface area contributed by atoms with Crippen LogP contribution in [-0.4, -0.2) is 9.78 Å². The van der Waals surface area contributed by atoms with E-state index in [0.717, 1.165) is 11.3 Å². The topological polar surface area (TPSA) is 53.1 Å². The molecule has 0 radical (unpaired) electrons. The normalized spacial score (nSPS) is 10.3. The third-order valence-electron chi connectivity index (χ3n) is 1.58. The number of hydrogen-bond acceptors (Lipinski definition) is 3. The molecule has 0 fully saturated rings. The number of rotatable bonds is 2. The Labute approximate surface area is 59.5 Å². The Hall–Kier alpha value is -0.870. The van der Waals surface area contributed by atoms with Crippen LogP contribution < -0.4 is 5.90 Å². The summed E-state index contributed by atoms with van der Waals surface area (Å²) in [5.74, 6) is 4.90. The van der Waals surface area contributed by atoms with Crippen LogP contribution in [0.3, 0.4) is 0 Å². The Morgan fingerprint density at radius 3 is 2.90 bits per heavy atom. The van der Waals surface area contributed by atoms with Crippen LogP contribution in [-0.2, 0) is 18.5 Å². The van der Waals surface area contributed by atoms with Crippen molar-refractivity contribution in [2.75, 3.05) is 0 Å². The molecule has 0 amide bonds. The summed E-state index contributed by atoms with van der Waals surface area (Å²) in [6, 6.07) is 0. The maximum Gasteiger partial charge on any atom is 0.0963 e. The summed E-state index contributed by atoms with van der Waals surface area (Å²) in [6.07, 6.45) is 1.75. The van der Waals surface area contributed by atoms with E-state index in [1.54, 1.807) is 10.9 Å². The van der Waals surface area contributed by atoms with Gasteiger partial charge in [0.25, 0.3) is 0 Å². The van der Waals surface area contributed by atoms with Crippen LogP contribution in [0.4, 0.5) is 0 Å². The lowest BCUT2D eigenvalue weighted by atomic mass is 10.3. The van der Waals surface area contributed by atoms with E-state index < -0.39 is 0 Å². The van der Waals surface area contributed by atoms with Gasteiger partial charge in [-0.3, -0.25) is 9.52 Å². The zero-order valence-electron chi connectivity index (χ0n) is 6.16. The van der Waals surface area contributed by atoms with Crippen LogP contribution in [0.2, 0.25) is 0 Å². The summed E-state index contributed by atoms with van der Waals surface area (Å²) in [5.41, 5.74) is 2.12. The molecular formula is C6H11N3O. The van der Waals surface area contributed by atoms with Gasteiger partial charge in [0.1, 0.15) is 0 Å². The van der Waals surface area contributed by atoms with E-state index in [4.69, 9.17) is 5.90 Å². The lowest BCUT2D eigenvalue weighted by Crippen LogP contribution is -2.00. The van der Waals surface area contributed by atoms with Crippen molar-refractivity contribution in [1.29, 1.82) is 0 Å². The molecule has 1 heterocycles. The summed E-state index contributed by atoms with van der Waals surface area (Å²) in [5, 5.41) is 4.02.